The monoisotopic (exact) mass is 235 g/mol. The minimum atomic E-state index is -1.03. The fourth-order valence-electron chi connectivity index (χ4n) is 1.46. The lowest BCUT2D eigenvalue weighted by molar-refractivity contribution is -0.136. The maximum Gasteiger partial charge on any atom is 0.309 e. The predicted molar refractivity (Wildman–Crippen MR) is 55.5 cm³/mol. The molecule has 0 saturated heterocycles. The van der Waals surface area contributed by atoms with Crippen molar-refractivity contribution >= 4 is 5.97 Å². The molecule has 0 atom stereocenters. The Morgan fingerprint density at radius 2 is 2.35 bits per heavy atom. The van der Waals surface area contributed by atoms with Crippen LogP contribution < -0.4 is 5.56 Å². The van der Waals surface area contributed by atoms with Gasteiger partial charge in [0, 0.05) is 17.5 Å². The second kappa shape index (κ2) is 4.60. The third-order valence-electron chi connectivity index (χ3n) is 2.22. The standard InChI is InChI=1S/C10H9N3O4/c14-9(15)2-8-7(10(16)12-5-11-8)1-6-3-13-17-4-6/h3-5H,1-2H2,(H,14,15)(H,11,12,16). The second-order valence-corrected chi connectivity index (χ2v) is 3.44. The molecule has 0 unspecified atom stereocenters. The predicted octanol–water partition coefficient (Wildman–Crippen LogP) is -0.0242. The van der Waals surface area contributed by atoms with Gasteiger partial charge in [0.25, 0.3) is 5.56 Å². The van der Waals surface area contributed by atoms with Crippen LogP contribution in [0.3, 0.4) is 0 Å². The number of hydrogen-bond donors (Lipinski definition) is 2. The van der Waals surface area contributed by atoms with Crippen LogP contribution in [0.1, 0.15) is 16.8 Å². The molecule has 0 fully saturated rings. The van der Waals surface area contributed by atoms with Gasteiger partial charge in [-0.3, -0.25) is 9.59 Å². The molecule has 17 heavy (non-hydrogen) atoms. The average molecular weight is 235 g/mol. The van der Waals surface area contributed by atoms with Gasteiger partial charge in [0.2, 0.25) is 0 Å². The van der Waals surface area contributed by atoms with Gasteiger partial charge in [-0.05, 0) is 0 Å². The van der Waals surface area contributed by atoms with Gasteiger partial charge in [-0.2, -0.15) is 0 Å². The van der Waals surface area contributed by atoms with Gasteiger partial charge in [0.05, 0.1) is 24.6 Å². The van der Waals surface area contributed by atoms with E-state index in [-0.39, 0.29) is 24.1 Å². The molecule has 0 bridgehead atoms. The van der Waals surface area contributed by atoms with Crippen molar-refractivity contribution in [2.45, 2.75) is 12.8 Å². The highest BCUT2D eigenvalue weighted by molar-refractivity contribution is 5.70. The van der Waals surface area contributed by atoms with E-state index in [1.807, 2.05) is 0 Å². The summed E-state index contributed by atoms with van der Waals surface area (Å²) >= 11 is 0. The first-order valence-electron chi connectivity index (χ1n) is 4.82. The van der Waals surface area contributed by atoms with E-state index in [0.29, 0.717) is 11.1 Å². The van der Waals surface area contributed by atoms with E-state index >= 15 is 0 Å². The fourth-order valence-corrected chi connectivity index (χ4v) is 1.46. The van der Waals surface area contributed by atoms with E-state index in [0.717, 1.165) is 0 Å². The molecular weight excluding hydrogens is 226 g/mol. The maximum absolute atomic E-state index is 11.6. The lowest BCUT2D eigenvalue weighted by Gasteiger charge is -2.03. The number of carbonyl (C=O) groups is 1. The Bertz CT molecular complexity index is 573. The summed E-state index contributed by atoms with van der Waals surface area (Å²) in [5.74, 6) is -1.03. The van der Waals surface area contributed by atoms with Gasteiger partial charge < -0.3 is 14.6 Å². The van der Waals surface area contributed by atoms with E-state index in [1.165, 1.54) is 18.8 Å². The molecule has 7 nitrogen and oxygen atoms in total. The number of H-pyrrole nitrogens is 1. The van der Waals surface area contributed by atoms with Gasteiger partial charge in [0.1, 0.15) is 6.26 Å². The zero-order chi connectivity index (χ0) is 12.3. The molecule has 0 aliphatic heterocycles. The Morgan fingerprint density at radius 1 is 1.53 bits per heavy atom. The number of carboxylic acids is 1. The maximum atomic E-state index is 11.6. The third-order valence-corrected chi connectivity index (χ3v) is 2.22. The van der Waals surface area contributed by atoms with Crippen LogP contribution in [0, 0.1) is 0 Å². The van der Waals surface area contributed by atoms with Crippen molar-refractivity contribution in [1.29, 1.82) is 0 Å². The first-order chi connectivity index (χ1) is 8.16. The van der Waals surface area contributed by atoms with E-state index in [2.05, 4.69) is 19.6 Å². The van der Waals surface area contributed by atoms with Crippen LogP contribution in [0.2, 0.25) is 0 Å². The normalized spacial score (nSPS) is 10.4. The number of aromatic nitrogens is 3. The summed E-state index contributed by atoms with van der Waals surface area (Å²) in [6, 6.07) is 0. The highest BCUT2D eigenvalue weighted by atomic mass is 16.5. The Labute approximate surface area is 95.1 Å². The summed E-state index contributed by atoms with van der Waals surface area (Å²) in [6.07, 6.45) is 4.02. The number of hydrogen-bond acceptors (Lipinski definition) is 5. The zero-order valence-electron chi connectivity index (χ0n) is 8.71. The molecule has 2 rings (SSSR count). The summed E-state index contributed by atoms with van der Waals surface area (Å²) in [5.41, 5.74) is 0.910. The molecule has 7 heteroatoms. The van der Waals surface area contributed by atoms with E-state index < -0.39 is 5.97 Å². The Kier molecular flexibility index (Phi) is 2.99. The first-order valence-corrected chi connectivity index (χ1v) is 4.82. The topological polar surface area (TPSA) is 109 Å². The van der Waals surface area contributed by atoms with Crippen LogP contribution in [0.5, 0.6) is 0 Å². The first kappa shape index (κ1) is 11.1. The fraction of sp³-hybridized carbons (Fsp3) is 0.200. The Hall–Kier alpha value is -2.44. The number of rotatable bonds is 4. The summed E-state index contributed by atoms with van der Waals surface area (Å²) in [5, 5.41) is 12.2. The largest absolute Gasteiger partial charge is 0.481 e. The van der Waals surface area contributed by atoms with E-state index in [4.69, 9.17) is 5.11 Å². The van der Waals surface area contributed by atoms with Crippen LogP contribution in [-0.2, 0) is 17.6 Å². The van der Waals surface area contributed by atoms with Crippen molar-refractivity contribution in [1.82, 2.24) is 15.1 Å². The van der Waals surface area contributed by atoms with Crippen molar-refractivity contribution in [3.8, 4) is 0 Å². The molecule has 2 heterocycles. The van der Waals surface area contributed by atoms with E-state index in [1.54, 1.807) is 0 Å². The molecule has 0 aliphatic carbocycles. The molecule has 88 valence electrons. The molecular formula is C10H9N3O4. The molecule has 0 saturated carbocycles. The molecule has 0 aliphatic rings. The third kappa shape index (κ3) is 2.57. The summed E-state index contributed by atoms with van der Waals surface area (Å²) in [4.78, 5) is 28.5. The molecule has 0 radical (unpaired) electrons. The summed E-state index contributed by atoms with van der Waals surface area (Å²) in [6.45, 7) is 0. The van der Waals surface area contributed by atoms with Crippen LogP contribution in [0.15, 0.2) is 28.1 Å². The van der Waals surface area contributed by atoms with Crippen LogP contribution >= 0.6 is 0 Å². The van der Waals surface area contributed by atoms with Gasteiger partial charge in [-0.15, -0.1) is 0 Å². The van der Waals surface area contributed by atoms with Crippen molar-refractivity contribution in [3.63, 3.8) is 0 Å². The lowest BCUT2D eigenvalue weighted by Crippen LogP contribution is -2.19. The van der Waals surface area contributed by atoms with Crippen molar-refractivity contribution in [2.24, 2.45) is 0 Å². The number of aliphatic carboxylic acids is 1. The highest BCUT2D eigenvalue weighted by Gasteiger charge is 2.13. The quantitative estimate of drug-likeness (QED) is 0.770. The van der Waals surface area contributed by atoms with Crippen LogP contribution in [0.4, 0.5) is 0 Å². The van der Waals surface area contributed by atoms with Crippen LogP contribution in [0.25, 0.3) is 0 Å². The second-order valence-electron chi connectivity index (χ2n) is 3.44. The van der Waals surface area contributed by atoms with Gasteiger partial charge in [-0.25, -0.2) is 4.98 Å². The van der Waals surface area contributed by atoms with E-state index in [9.17, 15) is 9.59 Å². The Morgan fingerprint density at radius 3 is 3.00 bits per heavy atom. The van der Waals surface area contributed by atoms with Crippen LogP contribution in [-0.4, -0.2) is 26.2 Å². The molecule has 2 aromatic rings. The molecule has 2 aromatic heterocycles. The minimum absolute atomic E-state index is 0.245. The number of aromatic amines is 1. The number of nitrogens with one attached hydrogen (secondary N) is 1. The zero-order valence-corrected chi connectivity index (χ0v) is 8.71. The minimum Gasteiger partial charge on any atom is -0.481 e. The van der Waals surface area contributed by atoms with Gasteiger partial charge in [0.15, 0.2) is 0 Å². The molecule has 0 spiro atoms. The van der Waals surface area contributed by atoms with Gasteiger partial charge in [-0.1, -0.05) is 5.16 Å². The molecule has 2 N–H and O–H groups in total. The lowest BCUT2D eigenvalue weighted by atomic mass is 10.1. The Balaban J connectivity index is 2.37. The SMILES string of the molecule is O=C(O)Cc1nc[nH]c(=O)c1Cc1cnoc1. The number of nitrogens with zero attached hydrogens (tertiary/aromatic N) is 2. The van der Waals surface area contributed by atoms with Crippen molar-refractivity contribution < 1.29 is 14.4 Å². The summed E-state index contributed by atoms with van der Waals surface area (Å²) < 4.78 is 4.65. The highest BCUT2D eigenvalue weighted by Crippen LogP contribution is 2.08. The number of carboxylic acid groups (broad SMARTS) is 1. The van der Waals surface area contributed by atoms with Crippen molar-refractivity contribution in [3.05, 3.63) is 46.0 Å². The molecule has 0 aromatic carbocycles. The smallest absolute Gasteiger partial charge is 0.309 e. The molecule has 0 amide bonds. The average Bonchev–Trinajstić information content (AvgIpc) is 2.75. The summed E-state index contributed by atoms with van der Waals surface area (Å²) in [7, 11) is 0. The van der Waals surface area contributed by atoms with Crippen molar-refractivity contribution in [2.75, 3.05) is 0 Å². The van der Waals surface area contributed by atoms with Gasteiger partial charge >= 0.3 is 5.97 Å².